The molecule has 1 amide bonds. The van der Waals surface area contributed by atoms with E-state index in [4.69, 9.17) is 0 Å². The summed E-state index contributed by atoms with van der Waals surface area (Å²) < 4.78 is 0. The van der Waals surface area contributed by atoms with Gasteiger partial charge in [-0.2, -0.15) is 0 Å². The van der Waals surface area contributed by atoms with Gasteiger partial charge in [0.2, 0.25) is 5.91 Å². The largest absolute Gasteiger partial charge is 0.358 e. The molecule has 3 rings (SSSR count). The molecule has 1 unspecified atom stereocenters. The normalized spacial score (nSPS) is 20.8. The van der Waals surface area contributed by atoms with Crippen molar-refractivity contribution in [2.45, 2.75) is 24.8 Å². The Kier molecular flexibility index (Phi) is 4.20. The van der Waals surface area contributed by atoms with Gasteiger partial charge in [0.15, 0.2) is 0 Å². The summed E-state index contributed by atoms with van der Waals surface area (Å²) in [7, 11) is 1.71. The lowest BCUT2D eigenvalue weighted by molar-refractivity contribution is -0.126. The Bertz CT molecular complexity index is 648. The molecule has 0 spiro atoms. The minimum Gasteiger partial charge on any atom is -0.358 e. The first-order chi connectivity index (χ1) is 10.7. The third-order valence-corrected chi connectivity index (χ3v) is 4.39. The van der Waals surface area contributed by atoms with E-state index in [0.29, 0.717) is 6.42 Å². The number of likely N-dealkylation sites (N-methyl/N-ethyl adjacent to an activating group) is 1. The lowest BCUT2D eigenvalue weighted by Crippen LogP contribution is -2.54. The minimum absolute atomic E-state index is 0.0750. The molecule has 2 N–H and O–H groups in total. The average molecular weight is 295 g/mol. The van der Waals surface area contributed by atoms with Gasteiger partial charge in [0.05, 0.1) is 0 Å². The molecule has 1 aromatic carbocycles. The van der Waals surface area contributed by atoms with E-state index < -0.39 is 5.54 Å². The monoisotopic (exact) mass is 295 g/mol. The third kappa shape index (κ3) is 2.74. The van der Waals surface area contributed by atoms with E-state index in [0.717, 1.165) is 30.5 Å². The summed E-state index contributed by atoms with van der Waals surface area (Å²) in [6.07, 6.45) is 6.23. The van der Waals surface area contributed by atoms with Crippen molar-refractivity contribution in [1.82, 2.24) is 15.6 Å². The molecule has 1 aliphatic heterocycles. The van der Waals surface area contributed by atoms with Crippen LogP contribution >= 0.6 is 0 Å². The van der Waals surface area contributed by atoms with Crippen molar-refractivity contribution in [3.63, 3.8) is 0 Å². The summed E-state index contributed by atoms with van der Waals surface area (Å²) in [5, 5.41) is 6.23. The van der Waals surface area contributed by atoms with Crippen LogP contribution < -0.4 is 10.6 Å². The highest BCUT2D eigenvalue weighted by atomic mass is 16.2. The highest BCUT2D eigenvalue weighted by Crippen LogP contribution is 2.30. The van der Waals surface area contributed by atoms with Crippen molar-refractivity contribution >= 4 is 5.91 Å². The number of benzene rings is 1. The van der Waals surface area contributed by atoms with Crippen LogP contribution in [0.5, 0.6) is 0 Å². The minimum atomic E-state index is -0.493. The summed E-state index contributed by atoms with van der Waals surface area (Å²) in [5.41, 5.74) is 2.91. The fourth-order valence-electron chi connectivity index (χ4n) is 3.27. The van der Waals surface area contributed by atoms with E-state index in [1.807, 2.05) is 24.4 Å². The van der Waals surface area contributed by atoms with Gasteiger partial charge in [0.25, 0.3) is 0 Å². The molecule has 1 atom stereocenters. The van der Waals surface area contributed by atoms with Gasteiger partial charge in [-0.05, 0) is 36.6 Å². The van der Waals surface area contributed by atoms with Gasteiger partial charge < -0.3 is 10.6 Å². The van der Waals surface area contributed by atoms with Gasteiger partial charge in [0, 0.05) is 31.4 Å². The van der Waals surface area contributed by atoms with E-state index in [-0.39, 0.29) is 5.91 Å². The number of nitrogens with zero attached hydrogens (tertiary/aromatic N) is 1. The van der Waals surface area contributed by atoms with Gasteiger partial charge in [-0.1, -0.05) is 30.3 Å². The molecule has 4 heteroatoms. The van der Waals surface area contributed by atoms with Crippen LogP contribution in [0.25, 0.3) is 11.1 Å². The summed E-state index contributed by atoms with van der Waals surface area (Å²) in [4.78, 5) is 16.6. The van der Waals surface area contributed by atoms with E-state index in [2.05, 4.69) is 33.8 Å². The first-order valence-electron chi connectivity index (χ1n) is 7.71. The molecule has 1 aliphatic rings. The van der Waals surface area contributed by atoms with E-state index in [1.165, 1.54) is 5.56 Å². The number of hydrogen-bond acceptors (Lipinski definition) is 3. The molecule has 1 fully saturated rings. The molecule has 22 heavy (non-hydrogen) atoms. The maximum atomic E-state index is 12.4. The van der Waals surface area contributed by atoms with Gasteiger partial charge in [0.1, 0.15) is 5.54 Å². The number of rotatable bonds is 4. The smallest absolute Gasteiger partial charge is 0.240 e. The van der Waals surface area contributed by atoms with Crippen molar-refractivity contribution in [3.8, 4) is 11.1 Å². The summed E-state index contributed by atoms with van der Waals surface area (Å²) in [5.74, 6) is 0.0750. The molecule has 0 bridgehead atoms. The Labute approximate surface area is 131 Å². The SMILES string of the molecule is CNC(=O)C1(Cc2ccccc2-c2cccnc2)CCCN1. The van der Waals surface area contributed by atoms with Crippen LogP contribution in [-0.2, 0) is 11.2 Å². The molecule has 2 heterocycles. The molecule has 1 saturated heterocycles. The topological polar surface area (TPSA) is 54.0 Å². The quantitative estimate of drug-likeness (QED) is 0.909. The van der Waals surface area contributed by atoms with Crippen LogP contribution in [-0.4, -0.2) is 30.0 Å². The van der Waals surface area contributed by atoms with Crippen LogP contribution in [0.2, 0.25) is 0 Å². The number of nitrogens with one attached hydrogen (secondary N) is 2. The summed E-state index contributed by atoms with van der Waals surface area (Å²) in [6, 6.07) is 12.3. The van der Waals surface area contributed by atoms with Crippen molar-refractivity contribution < 1.29 is 4.79 Å². The van der Waals surface area contributed by atoms with Crippen molar-refractivity contribution in [2.75, 3.05) is 13.6 Å². The standard InChI is InChI=1S/C18H21N3O/c1-19-17(22)18(9-5-11-21-18)12-14-6-2-3-8-16(14)15-7-4-10-20-13-15/h2-4,6-8,10,13,21H,5,9,11-12H2,1H3,(H,19,22). The van der Waals surface area contributed by atoms with Crippen LogP contribution in [0.15, 0.2) is 48.8 Å². The Morgan fingerprint density at radius 2 is 2.18 bits per heavy atom. The zero-order valence-corrected chi connectivity index (χ0v) is 12.8. The molecule has 0 aliphatic carbocycles. The fraction of sp³-hybridized carbons (Fsp3) is 0.333. The molecule has 1 aromatic heterocycles. The third-order valence-electron chi connectivity index (χ3n) is 4.39. The number of hydrogen-bond donors (Lipinski definition) is 2. The predicted octanol–water partition coefficient (Wildman–Crippen LogP) is 2.16. The molecule has 2 aromatic rings. The number of aromatic nitrogens is 1. The van der Waals surface area contributed by atoms with E-state index >= 15 is 0 Å². The molecule has 4 nitrogen and oxygen atoms in total. The second-order valence-electron chi connectivity index (χ2n) is 5.77. The zero-order valence-electron chi connectivity index (χ0n) is 12.8. The summed E-state index contributed by atoms with van der Waals surface area (Å²) in [6.45, 7) is 0.891. The molecule has 0 saturated carbocycles. The van der Waals surface area contributed by atoms with Gasteiger partial charge in [-0.3, -0.25) is 9.78 Å². The van der Waals surface area contributed by atoms with Gasteiger partial charge >= 0.3 is 0 Å². The summed E-state index contributed by atoms with van der Waals surface area (Å²) >= 11 is 0. The van der Waals surface area contributed by atoms with E-state index in [9.17, 15) is 4.79 Å². The second-order valence-corrected chi connectivity index (χ2v) is 5.77. The van der Waals surface area contributed by atoms with Crippen molar-refractivity contribution in [1.29, 1.82) is 0 Å². The Morgan fingerprint density at radius 1 is 1.32 bits per heavy atom. The maximum absolute atomic E-state index is 12.4. The van der Waals surface area contributed by atoms with Gasteiger partial charge in [-0.15, -0.1) is 0 Å². The first-order valence-corrected chi connectivity index (χ1v) is 7.71. The van der Waals surface area contributed by atoms with Crippen molar-refractivity contribution in [2.24, 2.45) is 0 Å². The molecule has 114 valence electrons. The van der Waals surface area contributed by atoms with Crippen LogP contribution in [0.1, 0.15) is 18.4 Å². The predicted molar refractivity (Wildman–Crippen MR) is 87.4 cm³/mol. The van der Waals surface area contributed by atoms with Crippen LogP contribution in [0.3, 0.4) is 0 Å². The van der Waals surface area contributed by atoms with Crippen LogP contribution in [0, 0.1) is 0 Å². The number of pyridine rings is 1. The average Bonchev–Trinajstić information content (AvgIpc) is 3.05. The molecular formula is C18H21N3O. The highest BCUT2D eigenvalue weighted by Gasteiger charge is 2.40. The molecular weight excluding hydrogens is 274 g/mol. The first kappa shape index (κ1) is 14.7. The zero-order chi connectivity index (χ0) is 15.4. The van der Waals surface area contributed by atoms with Gasteiger partial charge in [-0.25, -0.2) is 0 Å². The highest BCUT2D eigenvalue weighted by molar-refractivity contribution is 5.87. The molecule has 0 radical (unpaired) electrons. The maximum Gasteiger partial charge on any atom is 0.240 e. The Balaban J connectivity index is 1.97. The lowest BCUT2D eigenvalue weighted by Gasteiger charge is -2.28. The lowest BCUT2D eigenvalue weighted by atomic mass is 9.85. The fourth-order valence-corrected chi connectivity index (χ4v) is 3.27. The van der Waals surface area contributed by atoms with Crippen molar-refractivity contribution in [3.05, 3.63) is 54.4 Å². The Hall–Kier alpha value is -2.20. The number of carbonyl (C=O) groups is 1. The Morgan fingerprint density at radius 3 is 2.86 bits per heavy atom. The van der Waals surface area contributed by atoms with Crippen LogP contribution in [0.4, 0.5) is 0 Å². The number of amides is 1. The van der Waals surface area contributed by atoms with E-state index in [1.54, 1.807) is 13.2 Å². The number of carbonyl (C=O) groups excluding carboxylic acids is 1. The second kappa shape index (κ2) is 6.28.